The zero-order valence-electron chi connectivity index (χ0n) is 18.1. The predicted molar refractivity (Wildman–Crippen MR) is 113 cm³/mol. The number of imidazole rings is 1. The van der Waals surface area contributed by atoms with Crippen LogP contribution >= 0.6 is 0 Å². The molecular weight excluding hydrogens is 435 g/mol. The van der Waals surface area contributed by atoms with Gasteiger partial charge in [-0.1, -0.05) is 18.2 Å². The minimum atomic E-state index is -4.37. The number of allylic oxidation sites excluding steroid dienone is 4. The van der Waals surface area contributed by atoms with Crippen molar-refractivity contribution in [3.63, 3.8) is 0 Å². The number of aryl methyl sites for hydroxylation is 2. The molecule has 3 aromatic heterocycles. The summed E-state index contributed by atoms with van der Waals surface area (Å²) in [4.78, 5) is 17.8. The fraction of sp³-hybridized carbons (Fsp3) is 0.409. The first-order chi connectivity index (χ1) is 15.8. The van der Waals surface area contributed by atoms with Crippen LogP contribution in [0.4, 0.5) is 13.2 Å². The topological polar surface area (TPSA) is 83.5 Å². The molecule has 8 nitrogen and oxygen atoms in total. The van der Waals surface area contributed by atoms with Crippen LogP contribution in [0.1, 0.15) is 36.7 Å². The van der Waals surface area contributed by atoms with Crippen molar-refractivity contribution in [2.24, 2.45) is 5.92 Å². The maximum Gasteiger partial charge on any atom is 0.412 e. The molecule has 2 aliphatic rings. The summed E-state index contributed by atoms with van der Waals surface area (Å²) in [5, 5.41) is 4.54. The average molecular weight is 457 g/mol. The molecule has 0 bridgehead atoms. The molecule has 3 aromatic rings. The number of alkyl halides is 3. The van der Waals surface area contributed by atoms with Crippen molar-refractivity contribution in [3.8, 4) is 23.2 Å². The first-order valence-corrected chi connectivity index (χ1v) is 10.7. The van der Waals surface area contributed by atoms with Gasteiger partial charge in [0.1, 0.15) is 17.8 Å². The minimum absolute atomic E-state index is 0.272. The van der Waals surface area contributed by atoms with Gasteiger partial charge in [0.05, 0.1) is 19.0 Å². The zero-order chi connectivity index (χ0) is 23.2. The lowest BCUT2D eigenvalue weighted by Gasteiger charge is -2.32. The summed E-state index contributed by atoms with van der Waals surface area (Å²) < 4.78 is 49.8. The molecule has 0 radical (unpaired) electrons. The number of aromatic nitrogens is 7. The van der Waals surface area contributed by atoms with Gasteiger partial charge in [0.25, 0.3) is 5.88 Å². The van der Waals surface area contributed by atoms with Crippen LogP contribution in [0.15, 0.2) is 42.5 Å². The highest BCUT2D eigenvalue weighted by Gasteiger charge is 2.44. The molecule has 0 spiro atoms. The van der Waals surface area contributed by atoms with Crippen molar-refractivity contribution in [2.45, 2.75) is 44.8 Å². The largest absolute Gasteiger partial charge is 0.478 e. The van der Waals surface area contributed by atoms with Gasteiger partial charge >= 0.3 is 6.18 Å². The SMILES string of the molecule is COc1nc(-c2nc3n(n2)CCCC3C2CC=CC=C2C(F)(F)F)cnc1-n1cnc(C)c1. The number of hydrogen-bond donors (Lipinski definition) is 0. The number of ether oxygens (including phenoxy) is 1. The Morgan fingerprint density at radius 3 is 2.73 bits per heavy atom. The van der Waals surface area contributed by atoms with E-state index in [-0.39, 0.29) is 11.8 Å². The molecule has 33 heavy (non-hydrogen) atoms. The first-order valence-electron chi connectivity index (χ1n) is 10.7. The van der Waals surface area contributed by atoms with E-state index < -0.39 is 17.7 Å². The molecule has 0 aromatic carbocycles. The van der Waals surface area contributed by atoms with E-state index >= 15 is 0 Å². The minimum Gasteiger partial charge on any atom is -0.478 e. The van der Waals surface area contributed by atoms with E-state index in [1.54, 1.807) is 27.8 Å². The molecule has 0 amide bonds. The Hall–Kier alpha value is -3.50. The molecule has 4 heterocycles. The maximum atomic E-state index is 13.7. The van der Waals surface area contributed by atoms with E-state index in [9.17, 15) is 13.2 Å². The van der Waals surface area contributed by atoms with Crippen molar-refractivity contribution >= 4 is 0 Å². The van der Waals surface area contributed by atoms with Crippen LogP contribution in [0, 0.1) is 12.8 Å². The molecule has 0 N–H and O–H groups in total. The molecular formula is C22H22F3N7O. The molecule has 5 rings (SSSR count). The van der Waals surface area contributed by atoms with Crippen molar-refractivity contribution in [1.29, 1.82) is 0 Å². The second kappa shape index (κ2) is 8.13. The quantitative estimate of drug-likeness (QED) is 0.585. The van der Waals surface area contributed by atoms with Crippen LogP contribution in [0.5, 0.6) is 5.88 Å². The number of nitrogens with zero attached hydrogens (tertiary/aromatic N) is 7. The van der Waals surface area contributed by atoms with Gasteiger partial charge in [-0.15, -0.1) is 5.10 Å². The second-order valence-corrected chi connectivity index (χ2v) is 8.17. The average Bonchev–Trinajstić information content (AvgIpc) is 3.44. The monoisotopic (exact) mass is 457 g/mol. The van der Waals surface area contributed by atoms with E-state index in [1.807, 2.05) is 6.92 Å². The highest BCUT2D eigenvalue weighted by atomic mass is 19.4. The summed E-state index contributed by atoms with van der Waals surface area (Å²) in [6, 6.07) is 0. The molecule has 172 valence electrons. The lowest BCUT2D eigenvalue weighted by molar-refractivity contribution is -0.101. The second-order valence-electron chi connectivity index (χ2n) is 8.17. The molecule has 0 saturated carbocycles. The molecule has 2 atom stereocenters. The van der Waals surface area contributed by atoms with Gasteiger partial charge in [0, 0.05) is 30.2 Å². The van der Waals surface area contributed by atoms with Gasteiger partial charge in [-0.2, -0.15) is 13.2 Å². The maximum absolute atomic E-state index is 13.7. The summed E-state index contributed by atoms with van der Waals surface area (Å²) in [6.07, 6.45) is 6.69. The van der Waals surface area contributed by atoms with Crippen molar-refractivity contribution in [2.75, 3.05) is 7.11 Å². The zero-order valence-corrected chi connectivity index (χ0v) is 18.1. The van der Waals surface area contributed by atoms with Crippen LogP contribution in [0.25, 0.3) is 17.3 Å². The number of fused-ring (bicyclic) bond motifs is 1. The Bertz CT molecular complexity index is 1240. The van der Waals surface area contributed by atoms with Gasteiger partial charge in [-0.05, 0) is 26.2 Å². The third-order valence-corrected chi connectivity index (χ3v) is 6.03. The highest BCUT2D eigenvalue weighted by molar-refractivity contribution is 5.51. The standard InChI is InChI=1S/C22H22F3N7O/c1-13-11-31(12-27-13)20-21(33-2)28-17(10-26-20)18-29-19-15(7-5-9-32(19)30-18)14-6-3-4-8-16(14)22(23,24)25/h3-4,8,10-12,14-15H,5-7,9H2,1-2H3. The van der Waals surface area contributed by atoms with Gasteiger partial charge in [0.15, 0.2) is 0 Å². The molecule has 0 fully saturated rings. The number of halogens is 3. The van der Waals surface area contributed by atoms with Gasteiger partial charge in [-0.3, -0.25) is 4.57 Å². The smallest absolute Gasteiger partial charge is 0.412 e. The van der Waals surface area contributed by atoms with Gasteiger partial charge in [0.2, 0.25) is 11.6 Å². The Labute approximate surface area is 187 Å². The van der Waals surface area contributed by atoms with E-state index in [1.165, 1.54) is 25.5 Å². The fourth-order valence-electron chi connectivity index (χ4n) is 4.53. The Morgan fingerprint density at radius 2 is 2.00 bits per heavy atom. The number of hydrogen-bond acceptors (Lipinski definition) is 6. The van der Waals surface area contributed by atoms with Gasteiger partial charge in [-0.25, -0.2) is 24.6 Å². The van der Waals surface area contributed by atoms with Crippen molar-refractivity contribution in [3.05, 3.63) is 54.0 Å². The Balaban J connectivity index is 1.50. The summed E-state index contributed by atoms with van der Waals surface area (Å²) >= 11 is 0. The predicted octanol–water partition coefficient (Wildman–Crippen LogP) is 4.18. The molecule has 11 heteroatoms. The third-order valence-electron chi connectivity index (χ3n) is 6.03. The summed E-state index contributed by atoms with van der Waals surface area (Å²) in [7, 11) is 1.49. The molecule has 0 saturated heterocycles. The normalized spacial score (nSPS) is 20.5. The van der Waals surface area contributed by atoms with E-state index in [0.717, 1.165) is 12.1 Å². The summed E-state index contributed by atoms with van der Waals surface area (Å²) in [5.74, 6) is 0.563. The lowest BCUT2D eigenvalue weighted by atomic mass is 9.77. The van der Waals surface area contributed by atoms with Crippen LogP contribution in [0.2, 0.25) is 0 Å². The summed E-state index contributed by atoms with van der Waals surface area (Å²) in [5.41, 5.74) is 0.708. The fourth-order valence-corrected chi connectivity index (χ4v) is 4.53. The molecule has 1 aliphatic heterocycles. The Morgan fingerprint density at radius 1 is 1.15 bits per heavy atom. The van der Waals surface area contributed by atoms with Crippen molar-refractivity contribution < 1.29 is 17.9 Å². The molecule has 2 unspecified atom stereocenters. The summed E-state index contributed by atoms with van der Waals surface area (Å²) in [6.45, 7) is 2.46. The van der Waals surface area contributed by atoms with Crippen LogP contribution in [-0.4, -0.2) is 47.6 Å². The number of methoxy groups -OCH3 is 1. The van der Waals surface area contributed by atoms with E-state index in [0.29, 0.717) is 42.5 Å². The highest BCUT2D eigenvalue weighted by Crippen LogP contribution is 2.45. The van der Waals surface area contributed by atoms with Crippen molar-refractivity contribution in [1.82, 2.24) is 34.3 Å². The van der Waals surface area contributed by atoms with E-state index in [4.69, 9.17) is 4.74 Å². The van der Waals surface area contributed by atoms with Gasteiger partial charge < -0.3 is 4.74 Å². The first kappa shape index (κ1) is 21.4. The third kappa shape index (κ3) is 3.91. The van der Waals surface area contributed by atoms with E-state index in [2.05, 4.69) is 25.0 Å². The van der Waals surface area contributed by atoms with Crippen LogP contribution < -0.4 is 4.74 Å². The number of rotatable bonds is 4. The van der Waals surface area contributed by atoms with Crippen LogP contribution in [-0.2, 0) is 6.54 Å². The lowest BCUT2D eigenvalue weighted by Crippen LogP contribution is -2.30. The van der Waals surface area contributed by atoms with Crippen LogP contribution in [0.3, 0.4) is 0 Å². The molecule has 1 aliphatic carbocycles. The Kier molecular flexibility index (Phi) is 5.26.